The van der Waals surface area contributed by atoms with E-state index < -0.39 is 0 Å². The van der Waals surface area contributed by atoms with Crippen molar-refractivity contribution in [3.05, 3.63) is 34.8 Å². The van der Waals surface area contributed by atoms with Crippen LogP contribution in [0.1, 0.15) is 17.0 Å². The molecule has 2 aromatic rings. The fourth-order valence-corrected chi connectivity index (χ4v) is 3.13. The van der Waals surface area contributed by atoms with Crippen molar-refractivity contribution in [3.63, 3.8) is 0 Å². The van der Waals surface area contributed by atoms with E-state index in [1.54, 1.807) is 0 Å². The van der Waals surface area contributed by atoms with E-state index in [4.69, 9.17) is 10.5 Å². The monoisotopic (exact) mass is 318 g/mol. The largest absolute Gasteiger partial charge is 0.493 e. The Hall–Kier alpha value is -2.15. The van der Waals surface area contributed by atoms with Gasteiger partial charge in [-0.2, -0.15) is 0 Å². The number of nitrogens with zero attached hydrogens (tertiary/aromatic N) is 2. The number of para-hydroxylation sites is 1. The first-order valence-electron chi connectivity index (χ1n) is 7.28. The summed E-state index contributed by atoms with van der Waals surface area (Å²) in [6.07, 6.45) is 2.10. The van der Waals surface area contributed by atoms with Crippen molar-refractivity contribution in [2.75, 3.05) is 18.9 Å². The molecule has 0 fully saturated rings. The smallest absolute Gasteiger partial charge is 0.223 e. The Labute approximate surface area is 132 Å². The van der Waals surface area contributed by atoms with Crippen LogP contribution in [-0.2, 0) is 17.6 Å². The van der Waals surface area contributed by atoms with E-state index in [2.05, 4.69) is 15.5 Å². The number of amides is 1. The quantitative estimate of drug-likeness (QED) is 0.890. The normalized spacial score (nSPS) is 17.2. The van der Waals surface area contributed by atoms with Crippen molar-refractivity contribution in [1.29, 1.82) is 0 Å². The van der Waals surface area contributed by atoms with Gasteiger partial charge in [0.25, 0.3) is 0 Å². The molecule has 0 saturated heterocycles. The molecular weight excluding hydrogens is 300 g/mol. The minimum Gasteiger partial charge on any atom is -0.493 e. The zero-order valence-corrected chi connectivity index (χ0v) is 12.9. The average Bonchev–Trinajstić information content (AvgIpc) is 2.81. The van der Waals surface area contributed by atoms with Crippen LogP contribution in [0.5, 0.6) is 5.75 Å². The number of anilines is 1. The predicted molar refractivity (Wildman–Crippen MR) is 84.8 cm³/mol. The Bertz CT molecular complexity index is 658. The first-order valence-corrected chi connectivity index (χ1v) is 8.10. The van der Waals surface area contributed by atoms with Gasteiger partial charge in [0.1, 0.15) is 10.8 Å². The molecule has 1 aromatic heterocycles. The third kappa shape index (κ3) is 3.54. The second-order valence-electron chi connectivity index (χ2n) is 5.22. The molecule has 6 nitrogen and oxygen atoms in total. The number of aromatic nitrogens is 2. The molecule has 0 radical (unpaired) electrons. The summed E-state index contributed by atoms with van der Waals surface area (Å²) < 4.78 is 5.69. The zero-order valence-electron chi connectivity index (χ0n) is 12.1. The Kier molecular flexibility index (Phi) is 4.53. The number of nitrogens with one attached hydrogen (secondary N) is 1. The van der Waals surface area contributed by atoms with Gasteiger partial charge in [0.2, 0.25) is 11.0 Å². The van der Waals surface area contributed by atoms with Crippen LogP contribution in [-0.4, -0.2) is 29.3 Å². The van der Waals surface area contributed by atoms with Crippen molar-refractivity contribution in [3.8, 4) is 5.75 Å². The van der Waals surface area contributed by atoms with Gasteiger partial charge >= 0.3 is 0 Å². The first kappa shape index (κ1) is 14.8. The zero-order chi connectivity index (χ0) is 15.4. The van der Waals surface area contributed by atoms with Crippen LogP contribution < -0.4 is 15.8 Å². The molecular formula is C15H18N4O2S. The number of benzene rings is 1. The Morgan fingerprint density at radius 1 is 1.41 bits per heavy atom. The predicted octanol–water partition coefficient (Wildman–Crippen LogP) is 1.42. The van der Waals surface area contributed by atoms with E-state index >= 15 is 0 Å². The van der Waals surface area contributed by atoms with Gasteiger partial charge in [-0.15, -0.1) is 10.2 Å². The van der Waals surface area contributed by atoms with Crippen molar-refractivity contribution in [1.82, 2.24) is 15.5 Å². The first-order chi connectivity index (χ1) is 10.7. The van der Waals surface area contributed by atoms with Crippen molar-refractivity contribution < 1.29 is 9.53 Å². The highest BCUT2D eigenvalue weighted by Gasteiger charge is 2.23. The van der Waals surface area contributed by atoms with E-state index in [0.717, 1.165) is 22.7 Å². The highest BCUT2D eigenvalue weighted by molar-refractivity contribution is 7.15. The number of ether oxygens (including phenoxy) is 1. The number of nitrogens with two attached hydrogens (primary N) is 1. The number of hydrogen-bond acceptors (Lipinski definition) is 6. The lowest BCUT2D eigenvalue weighted by Crippen LogP contribution is -2.33. The van der Waals surface area contributed by atoms with Crippen LogP contribution in [0.25, 0.3) is 0 Å². The summed E-state index contributed by atoms with van der Waals surface area (Å²) in [6, 6.07) is 7.90. The van der Waals surface area contributed by atoms with Crippen molar-refractivity contribution in [2.24, 2.45) is 5.92 Å². The molecule has 1 aliphatic heterocycles. The third-order valence-electron chi connectivity index (χ3n) is 3.65. The number of nitrogen functional groups attached to an aromatic ring is 1. The van der Waals surface area contributed by atoms with Gasteiger partial charge in [-0.05, 0) is 24.5 Å². The molecule has 7 heteroatoms. The molecule has 0 bridgehead atoms. The summed E-state index contributed by atoms with van der Waals surface area (Å²) in [5.74, 6) is 0.906. The van der Waals surface area contributed by atoms with Crippen LogP contribution >= 0.6 is 11.3 Å². The van der Waals surface area contributed by atoms with Crippen LogP contribution in [0.15, 0.2) is 24.3 Å². The summed E-state index contributed by atoms with van der Waals surface area (Å²) in [5, 5.41) is 12.0. The molecule has 1 aliphatic rings. The summed E-state index contributed by atoms with van der Waals surface area (Å²) in [4.78, 5) is 12.3. The van der Waals surface area contributed by atoms with E-state index in [1.807, 2.05) is 24.3 Å². The SMILES string of the molecule is Nc1nnc(CCNC(=O)C2CCOc3ccccc3C2)s1. The lowest BCUT2D eigenvalue weighted by molar-refractivity contribution is -0.125. The van der Waals surface area contributed by atoms with E-state index in [0.29, 0.717) is 31.1 Å². The van der Waals surface area contributed by atoms with Gasteiger partial charge in [0, 0.05) is 18.9 Å². The van der Waals surface area contributed by atoms with E-state index in [-0.39, 0.29) is 11.8 Å². The molecule has 0 spiro atoms. The highest BCUT2D eigenvalue weighted by Crippen LogP contribution is 2.26. The van der Waals surface area contributed by atoms with Gasteiger partial charge < -0.3 is 15.8 Å². The summed E-state index contributed by atoms with van der Waals surface area (Å²) >= 11 is 1.35. The summed E-state index contributed by atoms with van der Waals surface area (Å²) in [7, 11) is 0. The summed E-state index contributed by atoms with van der Waals surface area (Å²) in [5.41, 5.74) is 6.63. The average molecular weight is 318 g/mol. The molecule has 1 atom stereocenters. The summed E-state index contributed by atoms with van der Waals surface area (Å²) in [6.45, 7) is 1.12. The van der Waals surface area contributed by atoms with Gasteiger partial charge in [0.15, 0.2) is 0 Å². The molecule has 1 unspecified atom stereocenters. The van der Waals surface area contributed by atoms with Crippen LogP contribution in [0.3, 0.4) is 0 Å². The molecule has 1 amide bonds. The molecule has 2 heterocycles. The van der Waals surface area contributed by atoms with Gasteiger partial charge in [-0.25, -0.2) is 0 Å². The lowest BCUT2D eigenvalue weighted by Gasteiger charge is -2.13. The molecule has 1 aromatic carbocycles. The third-order valence-corrected chi connectivity index (χ3v) is 4.47. The molecule has 22 heavy (non-hydrogen) atoms. The Morgan fingerprint density at radius 3 is 3.09 bits per heavy atom. The molecule has 3 rings (SSSR count). The standard InChI is InChI=1S/C15H18N4O2S/c16-15-19-18-13(22-15)5-7-17-14(20)11-6-8-21-12-4-2-1-3-10(12)9-11/h1-4,11H,5-9H2,(H2,16,19)(H,17,20). The fraction of sp³-hybridized carbons (Fsp3) is 0.400. The topological polar surface area (TPSA) is 90.1 Å². The highest BCUT2D eigenvalue weighted by atomic mass is 32.1. The maximum absolute atomic E-state index is 12.3. The maximum atomic E-state index is 12.3. The van der Waals surface area contributed by atoms with Gasteiger partial charge in [-0.3, -0.25) is 4.79 Å². The van der Waals surface area contributed by atoms with E-state index in [1.165, 1.54) is 11.3 Å². The minimum atomic E-state index is -0.0526. The second-order valence-corrected chi connectivity index (χ2v) is 6.31. The molecule has 3 N–H and O–H groups in total. The van der Waals surface area contributed by atoms with Crippen LogP contribution in [0.2, 0.25) is 0 Å². The number of carbonyl (C=O) groups excluding carboxylic acids is 1. The second kappa shape index (κ2) is 6.74. The Morgan fingerprint density at radius 2 is 2.27 bits per heavy atom. The van der Waals surface area contributed by atoms with Gasteiger partial charge in [-0.1, -0.05) is 29.5 Å². The van der Waals surface area contributed by atoms with Crippen LogP contribution in [0.4, 0.5) is 5.13 Å². The fourth-order valence-electron chi connectivity index (χ4n) is 2.52. The maximum Gasteiger partial charge on any atom is 0.223 e. The lowest BCUT2D eigenvalue weighted by atomic mass is 9.96. The molecule has 0 aliphatic carbocycles. The van der Waals surface area contributed by atoms with Gasteiger partial charge in [0.05, 0.1) is 6.61 Å². The number of rotatable bonds is 4. The molecule has 116 valence electrons. The number of hydrogen-bond donors (Lipinski definition) is 2. The van der Waals surface area contributed by atoms with Crippen molar-refractivity contribution >= 4 is 22.4 Å². The Balaban J connectivity index is 1.54. The molecule has 0 saturated carbocycles. The number of carbonyl (C=O) groups is 1. The van der Waals surface area contributed by atoms with E-state index in [9.17, 15) is 4.79 Å². The minimum absolute atomic E-state index is 0.0526. The number of fused-ring (bicyclic) bond motifs is 1. The van der Waals surface area contributed by atoms with Crippen LogP contribution in [0, 0.1) is 5.92 Å². The van der Waals surface area contributed by atoms with Crippen molar-refractivity contribution in [2.45, 2.75) is 19.3 Å².